The maximum absolute atomic E-state index is 8.98. The maximum atomic E-state index is 8.98. The number of hydrogen-bond donors (Lipinski definition) is 2. The van der Waals surface area contributed by atoms with Crippen molar-refractivity contribution < 1.29 is 5.11 Å². The number of nitrogen functional groups attached to an aromatic ring is 1. The fourth-order valence-electron chi connectivity index (χ4n) is 1.59. The topological polar surface area (TPSA) is 49.5 Å². The van der Waals surface area contributed by atoms with Crippen LogP contribution in [0.1, 0.15) is 13.3 Å². The quantitative estimate of drug-likeness (QED) is 0.760. The molecule has 0 aromatic heterocycles. The third kappa shape index (κ3) is 3.01. The third-order valence-electron chi connectivity index (χ3n) is 2.20. The van der Waals surface area contributed by atoms with Crippen molar-refractivity contribution in [3.8, 4) is 0 Å². The summed E-state index contributed by atoms with van der Waals surface area (Å²) in [6.45, 7) is 3.58. The Bertz CT molecular complexity index is 291. The molecule has 4 heteroatoms. The predicted octanol–water partition coefficient (Wildman–Crippen LogP) is 2.13. The molecular formula is C11H17ClN2O. The van der Waals surface area contributed by atoms with Gasteiger partial charge in [-0.05, 0) is 18.6 Å². The number of benzene rings is 1. The van der Waals surface area contributed by atoms with Crippen molar-refractivity contribution in [3.63, 3.8) is 0 Å². The van der Waals surface area contributed by atoms with Gasteiger partial charge >= 0.3 is 0 Å². The van der Waals surface area contributed by atoms with E-state index in [0.29, 0.717) is 17.3 Å². The van der Waals surface area contributed by atoms with Gasteiger partial charge in [-0.15, -0.1) is 0 Å². The highest BCUT2D eigenvalue weighted by atomic mass is 35.5. The lowest BCUT2D eigenvalue weighted by Gasteiger charge is -2.25. The van der Waals surface area contributed by atoms with Gasteiger partial charge in [0.2, 0.25) is 0 Å². The first-order chi connectivity index (χ1) is 7.20. The fraction of sp³-hybridized carbons (Fsp3) is 0.455. The molecule has 84 valence electrons. The van der Waals surface area contributed by atoms with E-state index in [2.05, 4.69) is 6.92 Å². The van der Waals surface area contributed by atoms with Gasteiger partial charge in [0.05, 0.1) is 23.0 Å². The Morgan fingerprint density at radius 3 is 2.67 bits per heavy atom. The van der Waals surface area contributed by atoms with Crippen LogP contribution in [0.25, 0.3) is 0 Å². The summed E-state index contributed by atoms with van der Waals surface area (Å²) in [5.41, 5.74) is 7.36. The lowest BCUT2D eigenvalue weighted by atomic mass is 10.2. The Labute approximate surface area is 95.5 Å². The highest BCUT2D eigenvalue weighted by molar-refractivity contribution is 6.34. The molecule has 15 heavy (non-hydrogen) atoms. The van der Waals surface area contributed by atoms with Gasteiger partial charge in [0, 0.05) is 13.1 Å². The van der Waals surface area contributed by atoms with Crippen LogP contribution in [0.4, 0.5) is 11.4 Å². The van der Waals surface area contributed by atoms with E-state index in [1.165, 1.54) is 0 Å². The van der Waals surface area contributed by atoms with E-state index < -0.39 is 0 Å². The smallest absolute Gasteiger partial charge is 0.0789 e. The van der Waals surface area contributed by atoms with Gasteiger partial charge in [0.25, 0.3) is 0 Å². The van der Waals surface area contributed by atoms with Crippen molar-refractivity contribution in [1.29, 1.82) is 0 Å². The maximum Gasteiger partial charge on any atom is 0.0789 e. The van der Waals surface area contributed by atoms with Crippen LogP contribution in [0.3, 0.4) is 0 Å². The number of para-hydroxylation sites is 1. The monoisotopic (exact) mass is 228 g/mol. The summed E-state index contributed by atoms with van der Waals surface area (Å²) in [7, 11) is 0. The average Bonchev–Trinajstić information content (AvgIpc) is 2.18. The molecule has 0 saturated carbocycles. The number of anilines is 2. The van der Waals surface area contributed by atoms with Crippen LogP contribution in [-0.4, -0.2) is 24.8 Å². The van der Waals surface area contributed by atoms with Gasteiger partial charge in [0.15, 0.2) is 0 Å². The second-order valence-electron chi connectivity index (χ2n) is 3.39. The third-order valence-corrected chi connectivity index (χ3v) is 2.50. The first kappa shape index (κ1) is 12.1. The van der Waals surface area contributed by atoms with Gasteiger partial charge in [-0.3, -0.25) is 0 Å². The summed E-state index contributed by atoms with van der Waals surface area (Å²) in [4.78, 5) is 2.01. The molecule has 0 bridgehead atoms. The minimum absolute atomic E-state index is 0.102. The van der Waals surface area contributed by atoms with Crippen molar-refractivity contribution in [3.05, 3.63) is 23.2 Å². The Kier molecular flexibility index (Phi) is 4.72. The molecule has 1 rings (SSSR count). The molecule has 3 N–H and O–H groups in total. The van der Waals surface area contributed by atoms with Crippen LogP contribution < -0.4 is 10.6 Å². The van der Waals surface area contributed by atoms with E-state index in [1.54, 1.807) is 0 Å². The zero-order valence-corrected chi connectivity index (χ0v) is 9.67. The van der Waals surface area contributed by atoms with Crippen LogP contribution in [0.15, 0.2) is 18.2 Å². The molecule has 0 aliphatic carbocycles. The zero-order chi connectivity index (χ0) is 11.3. The van der Waals surface area contributed by atoms with Crippen LogP contribution in [0, 0.1) is 0 Å². The summed E-state index contributed by atoms with van der Waals surface area (Å²) >= 11 is 6.09. The molecule has 0 heterocycles. The minimum Gasteiger partial charge on any atom is -0.397 e. The first-order valence-electron chi connectivity index (χ1n) is 5.10. The number of nitrogens with zero attached hydrogens (tertiary/aromatic N) is 1. The van der Waals surface area contributed by atoms with E-state index in [4.69, 9.17) is 22.4 Å². The van der Waals surface area contributed by atoms with E-state index >= 15 is 0 Å². The second kappa shape index (κ2) is 5.83. The largest absolute Gasteiger partial charge is 0.397 e. The minimum atomic E-state index is 0.102. The Hall–Kier alpha value is -0.930. The molecule has 0 spiro atoms. The highest BCUT2D eigenvalue weighted by Gasteiger charge is 2.11. The van der Waals surface area contributed by atoms with Gasteiger partial charge in [-0.25, -0.2) is 0 Å². The average molecular weight is 229 g/mol. The SMILES string of the molecule is CCCN(CCO)c1c(N)cccc1Cl. The summed E-state index contributed by atoms with van der Waals surface area (Å²) in [6.07, 6.45) is 0.991. The number of rotatable bonds is 5. The van der Waals surface area contributed by atoms with Crippen LogP contribution in [0.2, 0.25) is 5.02 Å². The predicted molar refractivity (Wildman–Crippen MR) is 65.5 cm³/mol. The number of halogens is 1. The molecule has 0 aliphatic rings. The van der Waals surface area contributed by atoms with E-state index in [9.17, 15) is 0 Å². The molecule has 0 radical (unpaired) electrons. The normalized spacial score (nSPS) is 10.3. The van der Waals surface area contributed by atoms with Crippen molar-refractivity contribution in [1.82, 2.24) is 0 Å². The van der Waals surface area contributed by atoms with Gasteiger partial charge in [0.1, 0.15) is 0 Å². The molecule has 0 aliphatic heterocycles. The fourth-order valence-corrected chi connectivity index (χ4v) is 1.89. The molecular weight excluding hydrogens is 212 g/mol. The van der Waals surface area contributed by atoms with E-state index in [0.717, 1.165) is 18.7 Å². The molecule has 0 saturated heterocycles. The van der Waals surface area contributed by atoms with Crippen LogP contribution in [0.5, 0.6) is 0 Å². The first-order valence-corrected chi connectivity index (χ1v) is 5.48. The standard InChI is InChI=1S/C11H17ClN2O/c1-2-6-14(7-8-15)11-9(12)4-3-5-10(11)13/h3-5,15H,2,6-8,13H2,1H3. The molecule has 0 fully saturated rings. The van der Waals surface area contributed by atoms with Crippen molar-refractivity contribution in [2.75, 3.05) is 30.3 Å². The summed E-state index contributed by atoms with van der Waals surface area (Å²) in [5.74, 6) is 0. The van der Waals surface area contributed by atoms with E-state index in [-0.39, 0.29) is 6.61 Å². The Morgan fingerprint density at radius 2 is 2.13 bits per heavy atom. The van der Waals surface area contributed by atoms with Gasteiger partial charge < -0.3 is 15.7 Å². The summed E-state index contributed by atoms with van der Waals surface area (Å²) < 4.78 is 0. The number of aliphatic hydroxyl groups excluding tert-OH is 1. The molecule has 1 aromatic rings. The van der Waals surface area contributed by atoms with E-state index in [1.807, 2.05) is 23.1 Å². The van der Waals surface area contributed by atoms with Crippen LogP contribution in [-0.2, 0) is 0 Å². The van der Waals surface area contributed by atoms with Crippen LogP contribution >= 0.6 is 11.6 Å². The molecule has 0 atom stereocenters. The van der Waals surface area contributed by atoms with Crippen molar-refractivity contribution >= 4 is 23.0 Å². The summed E-state index contributed by atoms with van der Waals surface area (Å²) in [6, 6.07) is 5.46. The second-order valence-corrected chi connectivity index (χ2v) is 3.80. The zero-order valence-electron chi connectivity index (χ0n) is 8.91. The lowest BCUT2D eigenvalue weighted by Crippen LogP contribution is -2.28. The van der Waals surface area contributed by atoms with Gasteiger partial charge in [-0.1, -0.05) is 24.6 Å². The number of nitrogens with two attached hydrogens (primary N) is 1. The Morgan fingerprint density at radius 1 is 1.40 bits per heavy atom. The van der Waals surface area contributed by atoms with Crippen molar-refractivity contribution in [2.24, 2.45) is 0 Å². The number of aliphatic hydroxyl groups is 1. The summed E-state index contributed by atoms with van der Waals surface area (Å²) in [5, 5.41) is 9.62. The molecule has 0 amide bonds. The van der Waals surface area contributed by atoms with Gasteiger partial charge in [-0.2, -0.15) is 0 Å². The number of hydrogen-bond acceptors (Lipinski definition) is 3. The molecule has 1 aromatic carbocycles. The van der Waals surface area contributed by atoms with Crippen molar-refractivity contribution in [2.45, 2.75) is 13.3 Å². The molecule has 0 unspecified atom stereocenters. The molecule has 3 nitrogen and oxygen atoms in total. The highest BCUT2D eigenvalue weighted by Crippen LogP contribution is 2.31. The Balaban J connectivity index is 2.98. The lowest BCUT2D eigenvalue weighted by molar-refractivity contribution is 0.302.